The number of rotatable bonds is 3. The molecule has 1 fully saturated rings. The highest BCUT2D eigenvalue weighted by Crippen LogP contribution is 2.25. The van der Waals surface area contributed by atoms with Gasteiger partial charge in [0.2, 0.25) is 5.91 Å². The Balaban J connectivity index is 1.77. The maximum atomic E-state index is 11.7. The first-order valence-electron chi connectivity index (χ1n) is 7.06. The van der Waals surface area contributed by atoms with Gasteiger partial charge in [-0.3, -0.25) is 9.79 Å². The smallest absolute Gasteiger partial charge is 0.227 e. The van der Waals surface area contributed by atoms with E-state index in [4.69, 9.17) is 11.6 Å². The molecule has 0 atom stereocenters. The van der Waals surface area contributed by atoms with Crippen LogP contribution in [0.3, 0.4) is 0 Å². The van der Waals surface area contributed by atoms with E-state index in [1.807, 2.05) is 24.3 Å². The fourth-order valence-corrected chi connectivity index (χ4v) is 2.59. The summed E-state index contributed by atoms with van der Waals surface area (Å²) < 4.78 is 0. The predicted molar refractivity (Wildman–Crippen MR) is 88.4 cm³/mol. The summed E-state index contributed by atoms with van der Waals surface area (Å²) in [6.07, 6.45) is 3.10. The van der Waals surface area contributed by atoms with Crippen LogP contribution in [0.15, 0.2) is 47.5 Å². The van der Waals surface area contributed by atoms with Crippen LogP contribution in [0.5, 0.6) is 5.75 Å². The molecule has 5 heteroatoms. The first kappa shape index (κ1) is 14.6. The van der Waals surface area contributed by atoms with Crippen LogP contribution < -0.4 is 4.90 Å². The van der Waals surface area contributed by atoms with Gasteiger partial charge in [-0.25, -0.2) is 0 Å². The lowest BCUT2D eigenvalue weighted by Gasteiger charge is -2.15. The van der Waals surface area contributed by atoms with Crippen molar-refractivity contribution in [2.45, 2.75) is 12.8 Å². The van der Waals surface area contributed by atoms with Gasteiger partial charge in [0.25, 0.3) is 0 Å². The third-order valence-corrected chi connectivity index (χ3v) is 3.81. The molecule has 0 aliphatic carbocycles. The van der Waals surface area contributed by atoms with Gasteiger partial charge in [-0.2, -0.15) is 0 Å². The molecule has 0 aromatic heterocycles. The number of anilines is 1. The van der Waals surface area contributed by atoms with Crippen molar-refractivity contribution < 1.29 is 9.90 Å². The Bertz CT molecular complexity index is 726. The standard InChI is InChI=1S/C17H15ClN2O2/c18-13-3-8-16(21)12(10-13)11-19-14-4-6-15(7-5-14)20-9-1-2-17(20)22/h3-8,10-11,21H,1-2,9H2. The Labute approximate surface area is 133 Å². The Morgan fingerprint density at radius 3 is 2.64 bits per heavy atom. The number of hydrogen-bond acceptors (Lipinski definition) is 3. The van der Waals surface area contributed by atoms with Crippen LogP contribution >= 0.6 is 11.6 Å². The predicted octanol–water partition coefficient (Wildman–Crippen LogP) is 3.92. The zero-order chi connectivity index (χ0) is 15.5. The van der Waals surface area contributed by atoms with Crippen molar-refractivity contribution in [3.8, 4) is 5.75 Å². The number of carbonyl (C=O) groups is 1. The quantitative estimate of drug-likeness (QED) is 0.873. The van der Waals surface area contributed by atoms with E-state index in [-0.39, 0.29) is 11.7 Å². The summed E-state index contributed by atoms with van der Waals surface area (Å²) in [7, 11) is 0. The normalized spacial score (nSPS) is 15.0. The molecule has 1 heterocycles. The molecule has 112 valence electrons. The summed E-state index contributed by atoms with van der Waals surface area (Å²) in [5, 5.41) is 10.3. The zero-order valence-corrected chi connectivity index (χ0v) is 12.6. The lowest BCUT2D eigenvalue weighted by atomic mass is 10.2. The van der Waals surface area contributed by atoms with Crippen LogP contribution in [0.25, 0.3) is 0 Å². The van der Waals surface area contributed by atoms with E-state index >= 15 is 0 Å². The molecule has 0 spiro atoms. The summed E-state index contributed by atoms with van der Waals surface area (Å²) in [5.41, 5.74) is 2.20. The molecular formula is C17H15ClN2O2. The Morgan fingerprint density at radius 1 is 1.18 bits per heavy atom. The molecule has 22 heavy (non-hydrogen) atoms. The maximum absolute atomic E-state index is 11.7. The largest absolute Gasteiger partial charge is 0.507 e. The van der Waals surface area contributed by atoms with Crippen molar-refractivity contribution in [2.24, 2.45) is 4.99 Å². The average molecular weight is 315 g/mol. The Hall–Kier alpha value is -2.33. The van der Waals surface area contributed by atoms with Crippen molar-refractivity contribution in [1.82, 2.24) is 0 Å². The molecule has 1 saturated heterocycles. The molecule has 2 aromatic carbocycles. The average Bonchev–Trinajstić information content (AvgIpc) is 2.95. The summed E-state index contributed by atoms with van der Waals surface area (Å²) >= 11 is 5.90. The molecule has 4 nitrogen and oxygen atoms in total. The number of amides is 1. The SMILES string of the molecule is O=C1CCCN1c1ccc(N=Cc2cc(Cl)ccc2O)cc1. The fraction of sp³-hybridized carbons (Fsp3) is 0.176. The van der Waals surface area contributed by atoms with Gasteiger partial charge < -0.3 is 10.0 Å². The van der Waals surface area contributed by atoms with E-state index < -0.39 is 0 Å². The minimum absolute atomic E-state index is 0.132. The highest BCUT2D eigenvalue weighted by atomic mass is 35.5. The number of phenolic OH excluding ortho intramolecular Hbond substituents is 1. The first-order valence-corrected chi connectivity index (χ1v) is 7.44. The van der Waals surface area contributed by atoms with Gasteiger partial charge in [0.05, 0.1) is 5.69 Å². The van der Waals surface area contributed by atoms with Crippen LogP contribution in [0.2, 0.25) is 5.02 Å². The summed E-state index contributed by atoms with van der Waals surface area (Å²) in [5.74, 6) is 0.299. The van der Waals surface area contributed by atoms with Crippen molar-refractivity contribution in [1.29, 1.82) is 0 Å². The van der Waals surface area contributed by atoms with E-state index in [1.165, 1.54) is 6.07 Å². The van der Waals surface area contributed by atoms with Crippen LogP contribution in [-0.2, 0) is 4.79 Å². The van der Waals surface area contributed by atoms with Gasteiger partial charge in [0.1, 0.15) is 5.75 Å². The Morgan fingerprint density at radius 2 is 1.95 bits per heavy atom. The molecule has 0 bridgehead atoms. The maximum Gasteiger partial charge on any atom is 0.227 e. The van der Waals surface area contributed by atoms with E-state index in [2.05, 4.69) is 4.99 Å². The number of benzene rings is 2. The first-order chi connectivity index (χ1) is 10.6. The van der Waals surface area contributed by atoms with Crippen LogP contribution in [0, 0.1) is 0 Å². The second-order valence-corrected chi connectivity index (χ2v) is 5.56. The lowest BCUT2D eigenvalue weighted by Crippen LogP contribution is -2.23. The van der Waals surface area contributed by atoms with E-state index in [0.29, 0.717) is 17.0 Å². The van der Waals surface area contributed by atoms with Gasteiger partial charge in [-0.15, -0.1) is 0 Å². The molecule has 0 radical (unpaired) electrons. The zero-order valence-electron chi connectivity index (χ0n) is 11.9. The molecule has 0 unspecified atom stereocenters. The minimum atomic E-state index is 0.132. The summed E-state index contributed by atoms with van der Waals surface area (Å²) in [6.45, 7) is 0.776. The van der Waals surface area contributed by atoms with Gasteiger partial charge in [-0.1, -0.05) is 11.6 Å². The summed E-state index contributed by atoms with van der Waals surface area (Å²) in [4.78, 5) is 17.8. The highest BCUT2D eigenvalue weighted by Gasteiger charge is 2.21. The molecule has 2 aromatic rings. The molecule has 1 aliphatic rings. The number of carbonyl (C=O) groups excluding carboxylic acids is 1. The van der Waals surface area contributed by atoms with Crippen molar-refractivity contribution >= 4 is 35.1 Å². The Kier molecular flexibility index (Phi) is 4.11. The van der Waals surface area contributed by atoms with Gasteiger partial charge >= 0.3 is 0 Å². The topological polar surface area (TPSA) is 52.9 Å². The van der Waals surface area contributed by atoms with Gasteiger partial charge in [0.15, 0.2) is 0 Å². The highest BCUT2D eigenvalue weighted by molar-refractivity contribution is 6.30. The van der Waals surface area contributed by atoms with Gasteiger partial charge in [-0.05, 0) is 48.9 Å². The van der Waals surface area contributed by atoms with Crippen LogP contribution in [0.4, 0.5) is 11.4 Å². The van der Waals surface area contributed by atoms with Crippen molar-refractivity contribution in [2.75, 3.05) is 11.4 Å². The fourth-order valence-electron chi connectivity index (χ4n) is 2.41. The number of phenols is 1. The molecule has 0 saturated carbocycles. The second kappa shape index (κ2) is 6.20. The molecule has 1 N–H and O–H groups in total. The molecule has 1 aliphatic heterocycles. The van der Waals surface area contributed by atoms with E-state index in [0.717, 1.165) is 24.3 Å². The van der Waals surface area contributed by atoms with Crippen LogP contribution in [-0.4, -0.2) is 23.8 Å². The monoisotopic (exact) mass is 314 g/mol. The number of aliphatic imine (C=N–C) groups is 1. The van der Waals surface area contributed by atoms with E-state index in [1.54, 1.807) is 23.2 Å². The number of hydrogen-bond donors (Lipinski definition) is 1. The number of halogens is 1. The van der Waals surface area contributed by atoms with Gasteiger partial charge in [0, 0.05) is 35.5 Å². The minimum Gasteiger partial charge on any atom is -0.507 e. The third-order valence-electron chi connectivity index (χ3n) is 3.58. The lowest BCUT2D eigenvalue weighted by molar-refractivity contribution is -0.117. The van der Waals surface area contributed by atoms with E-state index in [9.17, 15) is 9.90 Å². The number of aromatic hydroxyl groups is 1. The van der Waals surface area contributed by atoms with Crippen molar-refractivity contribution in [3.63, 3.8) is 0 Å². The molecule has 1 amide bonds. The van der Waals surface area contributed by atoms with Crippen molar-refractivity contribution in [3.05, 3.63) is 53.1 Å². The summed E-state index contributed by atoms with van der Waals surface area (Å²) in [6, 6.07) is 12.3. The molecular weight excluding hydrogens is 300 g/mol. The number of nitrogens with zero attached hydrogens (tertiary/aromatic N) is 2. The second-order valence-electron chi connectivity index (χ2n) is 5.13. The van der Waals surface area contributed by atoms with Crippen LogP contribution in [0.1, 0.15) is 18.4 Å². The third kappa shape index (κ3) is 3.12. The molecule has 3 rings (SSSR count).